The average molecular weight is 315 g/mol. The van der Waals surface area contributed by atoms with Crippen LogP contribution in [-0.2, 0) is 13.1 Å². The molecule has 4 heteroatoms. The summed E-state index contributed by atoms with van der Waals surface area (Å²) in [5.74, 6) is 0.948. The molecule has 0 aromatic heterocycles. The number of nitrogens with one attached hydrogen (secondary N) is 1. The summed E-state index contributed by atoms with van der Waals surface area (Å²) < 4.78 is 0. The summed E-state index contributed by atoms with van der Waals surface area (Å²) in [6.45, 7) is 11.5. The summed E-state index contributed by atoms with van der Waals surface area (Å²) in [5, 5.41) is 3.34. The minimum Gasteiger partial charge on any atom is -0.339 e. The van der Waals surface area contributed by atoms with Gasteiger partial charge in [0.1, 0.15) is 0 Å². The molecule has 4 nitrogen and oxygen atoms in total. The average Bonchev–Trinajstić information content (AvgIpc) is 3.07. The third-order valence-electron chi connectivity index (χ3n) is 5.40. The van der Waals surface area contributed by atoms with Crippen LogP contribution in [0.3, 0.4) is 0 Å². The third kappa shape index (κ3) is 3.75. The van der Waals surface area contributed by atoms with Crippen LogP contribution in [0.2, 0.25) is 0 Å². The monoisotopic (exact) mass is 315 g/mol. The molecule has 1 fully saturated rings. The maximum Gasteiger partial charge on any atom is 0.253 e. The first-order chi connectivity index (χ1) is 11.2. The lowest BCUT2D eigenvalue weighted by molar-refractivity contribution is 0.0669. The standard InChI is InChI=1S/C19H29N3O/c1-3-21(4-2)14-15-7-9-22(10-8-15)19(23)16-5-6-17-12-20-13-18(17)11-16/h5-6,11,15,20H,3-4,7-10,12-14H2,1-2H3. The summed E-state index contributed by atoms with van der Waals surface area (Å²) >= 11 is 0. The molecule has 0 saturated carbocycles. The van der Waals surface area contributed by atoms with Gasteiger partial charge < -0.3 is 15.1 Å². The molecule has 1 aromatic rings. The number of nitrogens with zero attached hydrogens (tertiary/aromatic N) is 2. The van der Waals surface area contributed by atoms with E-state index in [1.165, 1.54) is 17.7 Å². The van der Waals surface area contributed by atoms with Crippen molar-refractivity contribution in [2.45, 2.75) is 39.8 Å². The highest BCUT2D eigenvalue weighted by molar-refractivity contribution is 5.94. The van der Waals surface area contributed by atoms with Crippen molar-refractivity contribution in [1.29, 1.82) is 0 Å². The second kappa shape index (κ2) is 7.45. The zero-order valence-electron chi connectivity index (χ0n) is 14.5. The van der Waals surface area contributed by atoms with Crippen LogP contribution in [0.1, 0.15) is 48.2 Å². The van der Waals surface area contributed by atoms with E-state index in [0.717, 1.165) is 63.6 Å². The summed E-state index contributed by atoms with van der Waals surface area (Å²) in [6, 6.07) is 6.19. The van der Waals surface area contributed by atoms with E-state index in [2.05, 4.69) is 36.2 Å². The van der Waals surface area contributed by atoms with Crippen molar-refractivity contribution in [3.63, 3.8) is 0 Å². The number of piperidine rings is 1. The Kier molecular flexibility index (Phi) is 5.34. The Labute approximate surface area is 139 Å². The highest BCUT2D eigenvalue weighted by Crippen LogP contribution is 2.22. The number of carbonyl (C=O) groups is 1. The van der Waals surface area contributed by atoms with Crippen LogP contribution < -0.4 is 5.32 Å². The molecular weight excluding hydrogens is 286 g/mol. The van der Waals surface area contributed by atoms with E-state index >= 15 is 0 Å². The number of benzene rings is 1. The van der Waals surface area contributed by atoms with Gasteiger partial charge in [-0.1, -0.05) is 19.9 Å². The molecule has 1 amide bonds. The Morgan fingerprint density at radius 3 is 2.57 bits per heavy atom. The number of fused-ring (bicyclic) bond motifs is 1. The van der Waals surface area contributed by atoms with E-state index in [1.807, 2.05) is 11.0 Å². The molecule has 2 aliphatic rings. The number of hydrogen-bond acceptors (Lipinski definition) is 3. The fourth-order valence-corrected chi connectivity index (χ4v) is 3.78. The van der Waals surface area contributed by atoms with Crippen molar-refractivity contribution < 1.29 is 4.79 Å². The molecule has 126 valence electrons. The maximum atomic E-state index is 12.7. The lowest BCUT2D eigenvalue weighted by Gasteiger charge is -2.34. The molecule has 1 aromatic carbocycles. The highest BCUT2D eigenvalue weighted by atomic mass is 16.2. The van der Waals surface area contributed by atoms with Crippen LogP contribution in [0.5, 0.6) is 0 Å². The molecule has 2 heterocycles. The van der Waals surface area contributed by atoms with E-state index in [1.54, 1.807) is 0 Å². The van der Waals surface area contributed by atoms with Crippen LogP contribution in [0.25, 0.3) is 0 Å². The van der Waals surface area contributed by atoms with Gasteiger partial charge in [0, 0.05) is 38.3 Å². The molecule has 0 bridgehead atoms. The smallest absolute Gasteiger partial charge is 0.253 e. The van der Waals surface area contributed by atoms with Crippen molar-refractivity contribution in [2.24, 2.45) is 5.92 Å². The summed E-state index contributed by atoms with van der Waals surface area (Å²) in [5.41, 5.74) is 3.47. The van der Waals surface area contributed by atoms with E-state index < -0.39 is 0 Å². The van der Waals surface area contributed by atoms with Gasteiger partial charge in [0.05, 0.1) is 0 Å². The van der Waals surface area contributed by atoms with E-state index in [0.29, 0.717) is 0 Å². The van der Waals surface area contributed by atoms with Gasteiger partial charge in [-0.2, -0.15) is 0 Å². The Morgan fingerprint density at radius 2 is 1.87 bits per heavy atom. The van der Waals surface area contributed by atoms with Crippen molar-refractivity contribution in [1.82, 2.24) is 15.1 Å². The molecule has 1 N–H and O–H groups in total. The third-order valence-corrected chi connectivity index (χ3v) is 5.40. The molecule has 2 aliphatic heterocycles. The zero-order chi connectivity index (χ0) is 16.2. The van der Waals surface area contributed by atoms with Crippen LogP contribution >= 0.6 is 0 Å². The number of amides is 1. The van der Waals surface area contributed by atoms with Crippen molar-refractivity contribution in [2.75, 3.05) is 32.7 Å². The van der Waals surface area contributed by atoms with Crippen LogP contribution in [0.15, 0.2) is 18.2 Å². The maximum absolute atomic E-state index is 12.7. The number of hydrogen-bond donors (Lipinski definition) is 1. The largest absolute Gasteiger partial charge is 0.339 e. The lowest BCUT2D eigenvalue weighted by atomic mass is 9.95. The van der Waals surface area contributed by atoms with Gasteiger partial charge in [-0.05, 0) is 55.1 Å². The second-order valence-electron chi connectivity index (χ2n) is 6.81. The molecule has 0 atom stereocenters. The predicted octanol–water partition coefficient (Wildman–Crippen LogP) is 2.48. The molecule has 0 unspecified atom stereocenters. The van der Waals surface area contributed by atoms with Crippen molar-refractivity contribution in [3.05, 3.63) is 34.9 Å². The first-order valence-electron chi connectivity index (χ1n) is 9.05. The minimum absolute atomic E-state index is 0.209. The summed E-state index contributed by atoms with van der Waals surface area (Å²) in [4.78, 5) is 17.3. The molecule has 0 radical (unpaired) electrons. The Morgan fingerprint density at radius 1 is 1.17 bits per heavy atom. The van der Waals surface area contributed by atoms with Gasteiger partial charge in [-0.15, -0.1) is 0 Å². The van der Waals surface area contributed by atoms with E-state index in [-0.39, 0.29) is 5.91 Å². The number of likely N-dealkylation sites (tertiary alicyclic amines) is 1. The highest BCUT2D eigenvalue weighted by Gasteiger charge is 2.25. The van der Waals surface area contributed by atoms with Gasteiger partial charge in [0.25, 0.3) is 5.91 Å². The fraction of sp³-hybridized carbons (Fsp3) is 0.632. The quantitative estimate of drug-likeness (QED) is 0.907. The summed E-state index contributed by atoms with van der Waals surface area (Å²) in [7, 11) is 0. The summed E-state index contributed by atoms with van der Waals surface area (Å²) in [6.07, 6.45) is 2.27. The van der Waals surface area contributed by atoms with Crippen LogP contribution in [0, 0.1) is 5.92 Å². The molecule has 1 saturated heterocycles. The van der Waals surface area contributed by atoms with Gasteiger partial charge in [-0.25, -0.2) is 0 Å². The van der Waals surface area contributed by atoms with Crippen molar-refractivity contribution in [3.8, 4) is 0 Å². The molecule has 23 heavy (non-hydrogen) atoms. The first-order valence-corrected chi connectivity index (χ1v) is 9.05. The second-order valence-corrected chi connectivity index (χ2v) is 6.81. The van der Waals surface area contributed by atoms with Crippen LogP contribution in [0.4, 0.5) is 0 Å². The van der Waals surface area contributed by atoms with E-state index in [9.17, 15) is 4.79 Å². The molecule has 0 spiro atoms. The Bertz CT molecular complexity index is 546. The topological polar surface area (TPSA) is 35.6 Å². The van der Waals surface area contributed by atoms with E-state index in [4.69, 9.17) is 0 Å². The predicted molar refractivity (Wildman–Crippen MR) is 93.4 cm³/mol. The zero-order valence-corrected chi connectivity index (χ0v) is 14.5. The van der Waals surface area contributed by atoms with Gasteiger partial charge >= 0.3 is 0 Å². The normalized spacial score (nSPS) is 18.5. The first kappa shape index (κ1) is 16.5. The van der Waals surface area contributed by atoms with Crippen molar-refractivity contribution >= 4 is 5.91 Å². The lowest BCUT2D eigenvalue weighted by Crippen LogP contribution is -2.41. The number of carbonyl (C=O) groups excluding carboxylic acids is 1. The number of rotatable bonds is 5. The van der Waals surface area contributed by atoms with Gasteiger partial charge in [0.2, 0.25) is 0 Å². The van der Waals surface area contributed by atoms with Gasteiger partial charge in [0.15, 0.2) is 0 Å². The molecular formula is C19H29N3O. The fourth-order valence-electron chi connectivity index (χ4n) is 3.78. The molecule has 3 rings (SSSR count). The SMILES string of the molecule is CCN(CC)CC1CCN(C(=O)c2ccc3c(c2)CNC3)CC1. The van der Waals surface area contributed by atoms with Gasteiger partial charge in [-0.3, -0.25) is 4.79 Å². The Balaban J connectivity index is 1.56. The Hall–Kier alpha value is -1.39. The molecule has 0 aliphatic carbocycles. The van der Waals surface area contributed by atoms with Crippen LogP contribution in [-0.4, -0.2) is 48.4 Å². The minimum atomic E-state index is 0.209.